The van der Waals surface area contributed by atoms with E-state index >= 15 is 0 Å². The quantitative estimate of drug-likeness (QED) is 0.562. The molecule has 0 fully saturated rings. The Morgan fingerprint density at radius 1 is 1.12 bits per heavy atom. The van der Waals surface area contributed by atoms with Crippen molar-refractivity contribution < 1.29 is 18.0 Å². The first-order valence-electron chi connectivity index (χ1n) is 6.63. The number of alkyl halides is 3. The van der Waals surface area contributed by atoms with Gasteiger partial charge in [0.2, 0.25) is 0 Å². The molecule has 24 heavy (non-hydrogen) atoms. The van der Waals surface area contributed by atoms with Crippen molar-refractivity contribution in [3.8, 4) is 0 Å². The van der Waals surface area contributed by atoms with E-state index in [-0.39, 0.29) is 5.69 Å². The summed E-state index contributed by atoms with van der Waals surface area (Å²) in [6, 6.07) is 9.28. The fraction of sp³-hybridized carbons (Fsp3) is 0.0667. The number of para-hydroxylation sites is 1. The molecule has 0 spiro atoms. The summed E-state index contributed by atoms with van der Waals surface area (Å²) in [6.45, 7) is 0. The van der Waals surface area contributed by atoms with Gasteiger partial charge in [-0.05, 0) is 46.3 Å². The summed E-state index contributed by atoms with van der Waals surface area (Å²) < 4.78 is 39.7. The second-order valence-corrected chi connectivity index (χ2v) is 6.65. The van der Waals surface area contributed by atoms with Crippen LogP contribution in [0.15, 0.2) is 46.9 Å². The zero-order valence-electron chi connectivity index (χ0n) is 11.8. The van der Waals surface area contributed by atoms with E-state index in [4.69, 9.17) is 0 Å². The molecule has 2 amide bonds. The number of hydrogen-bond acceptors (Lipinski definition) is 3. The van der Waals surface area contributed by atoms with Gasteiger partial charge in [0.25, 0.3) is 0 Å². The molecule has 1 heterocycles. The van der Waals surface area contributed by atoms with Crippen molar-refractivity contribution >= 4 is 54.3 Å². The molecule has 2 aromatic carbocycles. The van der Waals surface area contributed by atoms with Crippen molar-refractivity contribution in [2.24, 2.45) is 0 Å². The highest BCUT2D eigenvalue weighted by molar-refractivity contribution is 9.10. The number of carbonyl (C=O) groups excluding carboxylic acids is 1. The minimum atomic E-state index is -4.46. The van der Waals surface area contributed by atoms with Gasteiger partial charge in [0.15, 0.2) is 5.13 Å². The van der Waals surface area contributed by atoms with Gasteiger partial charge in [0, 0.05) is 10.2 Å². The van der Waals surface area contributed by atoms with Crippen LogP contribution in [0.4, 0.5) is 28.8 Å². The van der Waals surface area contributed by atoms with E-state index in [2.05, 4.69) is 31.5 Å². The number of aromatic nitrogens is 1. The molecule has 124 valence electrons. The molecule has 0 atom stereocenters. The number of anilines is 2. The van der Waals surface area contributed by atoms with Crippen LogP contribution in [0.2, 0.25) is 0 Å². The van der Waals surface area contributed by atoms with Gasteiger partial charge in [0.1, 0.15) is 0 Å². The highest BCUT2D eigenvalue weighted by atomic mass is 79.9. The van der Waals surface area contributed by atoms with Crippen molar-refractivity contribution in [1.29, 1.82) is 0 Å². The first-order chi connectivity index (χ1) is 11.3. The molecule has 0 radical (unpaired) electrons. The number of hydrogen-bond donors (Lipinski definition) is 2. The molecule has 0 bridgehead atoms. The minimum Gasteiger partial charge on any atom is -0.308 e. The summed E-state index contributed by atoms with van der Waals surface area (Å²) in [5, 5.41) is 5.24. The van der Waals surface area contributed by atoms with Gasteiger partial charge in [-0.1, -0.05) is 23.5 Å². The SMILES string of the molecule is O=C(Nc1cccc(C(F)(F)F)c1)Nc1nc2c(Br)cccc2s1. The Morgan fingerprint density at radius 3 is 2.58 bits per heavy atom. The number of nitrogens with zero attached hydrogens (tertiary/aromatic N) is 1. The van der Waals surface area contributed by atoms with E-state index in [0.717, 1.165) is 21.3 Å². The van der Waals surface area contributed by atoms with Gasteiger partial charge in [0.05, 0.1) is 15.8 Å². The van der Waals surface area contributed by atoms with Gasteiger partial charge in [-0.15, -0.1) is 0 Å². The monoisotopic (exact) mass is 415 g/mol. The topological polar surface area (TPSA) is 54.0 Å². The summed E-state index contributed by atoms with van der Waals surface area (Å²) in [4.78, 5) is 16.2. The molecule has 3 rings (SSSR count). The minimum absolute atomic E-state index is 0.0459. The number of rotatable bonds is 2. The van der Waals surface area contributed by atoms with Gasteiger partial charge in [-0.2, -0.15) is 13.2 Å². The van der Waals surface area contributed by atoms with Crippen LogP contribution in [0.3, 0.4) is 0 Å². The van der Waals surface area contributed by atoms with Crippen LogP contribution < -0.4 is 10.6 Å². The molecule has 0 aliphatic rings. The second kappa shape index (κ2) is 6.40. The number of carbonyl (C=O) groups is 1. The summed E-state index contributed by atoms with van der Waals surface area (Å²) in [5.41, 5.74) is -0.0781. The summed E-state index contributed by atoms with van der Waals surface area (Å²) in [6.07, 6.45) is -4.46. The maximum absolute atomic E-state index is 12.7. The Morgan fingerprint density at radius 2 is 1.88 bits per heavy atom. The van der Waals surface area contributed by atoms with Crippen LogP contribution >= 0.6 is 27.3 Å². The number of halogens is 4. The summed E-state index contributed by atoms with van der Waals surface area (Å²) >= 11 is 4.63. The van der Waals surface area contributed by atoms with E-state index in [0.29, 0.717) is 10.6 Å². The lowest BCUT2D eigenvalue weighted by molar-refractivity contribution is -0.137. The summed E-state index contributed by atoms with van der Waals surface area (Å²) in [5.74, 6) is 0. The van der Waals surface area contributed by atoms with Crippen LogP contribution in [-0.2, 0) is 6.18 Å². The van der Waals surface area contributed by atoms with Crippen LogP contribution in [0.1, 0.15) is 5.56 Å². The molecule has 0 saturated heterocycles. The predicted molar refractivity (Wildman–Crippen MR) is 91.4 cm³/mol. The third kappa shape index (κ3) is 3.68. The maximum Gasteiger partial charge on any atom is 0.416 e. The van der Waals surface area contributed by atoms with Crippen molar-refractivity contribution in [1.82, 2.24) is 4.98 Å². The number of thiazole rings is 1. The average molecular weight is 416 g/mol. The molecule has 1 aromatic heterocycles. The normalized spacial score (nSPS) is 11.5. The molecule has 9 heteroatoms. The summed E-state index contributed by atoms with van der Waals surface area (Å²) in [7, 11) is 0. The lowest BCUT2D eigenvalue weighted by atomic mass is 10.2. The van der Waals surface area contributed by atoms with Crippen LogP contribution in [0.5, 0.6) is 0 Å². The number of urea groups is 1. The third-order valence-electron chi connectivity index (χ3n) is 3.04. The number of nitrogens with one attached hydrogen (secondary N) is 2. The Bertz CT molecular complexity index is 910. The highest BCUT2D eigenvalue weighted by Gasteiger charge is 2.30. The number of amides is 2. The number of fused-ring (bicyclic) bond motifs is 1. The number of benzene rings is 2. The van der Waals surface area contributed by atoms with Gasteiger partial charge < -0.3 is 5.32 Å². The third-order valence-corrected chi connectivity index (χ3v) is 4.61. The standard InChI is InChI=1S/C15H9BrF3N3OS/c16-10-5-2-6-11-12(10)21-14(24-11)22-13(23)20-9-4-1-3-8(7-9)15(17,18)19/h1-7H,(H2,20,21,22,23). The van der Waals surface area contributed by atoms with Crippen LogP contribution in [0.25, 0.3) is 10.2 Å². The second-order valence-electron chi connectivity index (χ2n) is 4.76. The zero-order valence-corrected chi connectivity index (χ0v) is 14.2. The van der Waals surface area contributed by atoms with Gasteiger partial charge in [-0.3, -0.25) is 5.32 Å². The van der Waals surface area contributed by atoms with Crippen LogP contribution in [-0.4, -0.2) is 11.0 Å². The molecule has 0 saturated carbocycles. The maximum atomic E-state index is 12.7. The predicted octanol–water partition coefficient (Wildman–Crippen LogP) is 5.72. The molecule has 0 aliphatic heterocycles. The first-order valence-corrected chi connectivity index (χ1v) is 8.24. The molecule has 0 unspecified atom stereocenters. The zero-order chi connectivity index (χ0) is 17.3. The molecule has 3 aromatic rings. The molecular weight excluding hydrogens is 407 g/mol. The van der Waals surface area contributed by atoms with E-state index in [9.17, 15) is 18.0 Å². The van der Waals surface area contributed by atoms with E-state index in [1.54, 1.807) is 0 Å². The fourth-order valence-electron chi connectivity index (χ4n) is 2.00. The van der Waals surface area contributed by atoms with Crippen molar-refractivity contribution in [2.45, 2.75) is 6.18 Å². The highest BCUT2D eigenvalue weighted by Crippen LogP contribution is 2.32. The van der Waals surface area contributed by atoms with E-state index in [1.807, 2.05) is 18.2 Å². The molecular formula is C15H9BrF3N3OS. The average Bonchev–Trinajstić information content (AvgIpc) is 2.90. The first kappa shape index (κ1) is 16.7. The van der Waals surface area contributed by atoms with Crippen molar-refractivity contribution in [3.63, 3.8) is 0 Å². The lowest BCUT2D eigenvalue weighted by Gasteiger charge is -2.09. The smallest absolute Gasteiger partial charge is 0.308 e. The van der Waals surface area contributed by atoms with Gasteiger partial charge >= 0.3 is 12.2 Å². The molecule has 4 nitrogen and oxygen atoms in total. The fourth-order valence-corrected chi connectivity index (χ4v) is 3.48. The lowest BCUT2D eigenvalue weighted by Crippen LogP contribution is -2.19. The Balaban J connectivity index is 1.74. The van der Waals surface area contributed by atoms with Crippen LogP contribution in [0, 0.1) is 0 Å². The van der Waals surface area contributed by atoms with Crippen molar-refractivity contribution in [3.05, 3.63) is 52.5 Å². The Labute approximate surface area is 146 Å². The largest absolute Gasteiger partial charge is 0.416 e. The van der Waals surface area contributed by atoms with E-state index < -0.39 is 17.8 Å². The molecule has 2 N–H and O–H groups in total. The molecule has 0 aliphatic carbocycles. The van der Waals surface area contributed by atoms with Crippen molar-refractivity contribution in [2.75, 3.05) is 10.6 Å². The Hall–Kier alpha value is -2.13. The van der Waals surface area contributed by atoms with E-state index in [1.165, 1.54) is 23.5 Å². The Kier molecular flexibility index (Phi) is 4.46. The van der Waals surface area contributed by atoms with Gasteiger partial charge in [-0.25, -0.2) is 9.78 Å².